The molecule has 0 amide bonds. The molecule has 1 atom stereocenters. The van der Waals surface area contributed by atoms with Gasteiger partial charge in [0, 0.05) is 29.2 Å². The monoisotopic (exact) mass is 623 g/mol. The van der Waals surface area contributed by atoms with E-state index in [-0.39, 0.29) is 17.3 Å². The van der Waals surface area contributed by atoms with Gasteiger partial charge in [-0.1, -0.05) is 38.3 Å². The number of hydrogen-bond donors (Lipinski definition) is 2. The van der Waals surface area contributed by atoms with Gasteiger partial charge in [-0.2, -0.15) is 0 Å². The van der Waals surface area contributed by atoms with Gasteiger partial charge in [0.25, 0.3) is 0 Å². The summed E-state index contributed by atoms with van der Waals surface area (Å²) in [5, 5.41) is 11.2. The van der Waals surface area contributed by atoms with Crippen molar-refractivity contribution in [1.82, 2.24) is 14.8 Å². The van der Waals surface area contributed by atoms with E-state index >= 15 is 0 Å². The third-order valence-electron chi connectivity index (χ3n) is 9.89. The van der Waals surface area contributed by atoms with E-state index in [4.69, 9.17) is 0 Å². The lowest BCUT2D eigenvalue weighted by Gasteiger charge is -2.41. The van der Waals surface area contributed by atoms with E-state index in [0.717, 1.165) is 67.7 Å². The number of carboxylic acids is 1. The second-order valence-electron chi connectivity index (χ2n) is 13.0. The first-order valence-corrected chi connectivity index (χ1v) is 16.2. The van der Waals surface area contributed by atoms with Crippen LogP contribution in [-0.2, 0) is 4.79 Å². The summed E-state index contributed by atoms with van der Waals surface area (Å²) in [6.07, 6.45) is 13.1. The molecule has 2 saturated heterocycles. The zero-order valence-electron chi connectivity index (χ0n) is 26.2. The molecule has 0 bridgehead atoms. The van der Waals surface area contributed by atoms with E-state index in [2.05, 4.69) is 21.7 Å². The number of ketones is 1. The summed E-state index contributed by atoms with van der Waals surface area (Å²) < 4.78 is 40.0. The number of piperidine rings is 2. The molecule has 0 spiro atoms. The van der Waals surface area contributed by atoms with Crippen molar-refractivity contribution >= 4 is 28.7 Å². The van der Waals surface area contributed by atoms with Gasteiger partial charge in [0.15, 0.2) is 23.2 Å². The lowest BCUT2D eigenvalue weighted by molar-refractivity contribution is -0.147. The Kier molecular flexibility index (Phi) is 10.8. The largest absolute Gasteiger partial charge is 0.480 e. The highest BCUT2D eigenvalue weighted by Gasteiger charge is 2.37. The average Bonchev–Trinajstić information content (AvgIpc) is 3.43. The first-order valence-electron chi connectivity index (χ1n) is 16.2. The van der Waals surface area contributed by atoms with E-state index in [0.29, 0.717) is 31.1 Å². The first kappa shape index (κ1) is 32.9. The SMILES string of the molecule is CC(=O)c1ccc2[nH]cc(C3CCN(C(C(=O)O)C4CCN(C/C=C/c5cc(F)c(F)c(F)c5)CC4)CC3)c2c1.CC1CCC1. The van der Waals surface area contributed by atoms with E-state index in [1.54, 1.807) is 19.1 Å². The van der Waals surface area contributed by atoms with Crippen molar-refractivity contribution in [3.05, 3.63) is 76.7 Å². The second-order valence-corrected chi connectivity index (χ2v) is 13.0. The molecule has 2 aromatic carbocycles. The van der Waals surface area contributed by atoms with Crippen LogP contribution in [0.25, 0.3) is 17.0 Å². The standard InChI is InChI=1S/C31H34F3N3O3.C5H10/c1-19(38)23-4-5-28-24(17-23)25(18-35-28)21-8-13-37(14-9-21)30(31(39)40)22-6-11-36(12-7-22)10-2-3-20-15-26(32)29(34)27(33)16-20;1-5-3-2-4-5/h2-5,15-18,21-22,30,35H,6-14H2,1H3,(H,39,40);5H,2-4H2,1H3/b3-2+;. The topological polar surface area (TPSA) is 76.6 Å². The van der Waals surface area contributed by atoms with Crippen LogP contribution in [-0.4, -0.2) is 70.4 Å². The fourth-order valence-electron chi connectivity index (χ4n) is 6.92. The van der Waals surface area contributed by atoms with Crippen molar-refractivity contribution in [2.45, 2.75) is 70.8 Å². The summed E-state index contributed by atoms with van der Waals surface area (Å²) in [5.74, 6) is -3.24. The molecule has 2 N–H and O–H groups in total. The van der Waals surface area contributed by atoms with Crippen LogP contribution in [0.1, 0.15) is 86.2 Å². The smallest absolute Gasteiger partial charge is 0.321 e. The molecule has 6 rings (SSSR count). The number of carboxylic acid groups (broad SMARTS) is 1. The predicted octanol–water partition coefficient (Wildman–Crippen LogP) is 7.65. The van der Waals surface area contributed by atoms with E-state index in [1.165, 1.54) is 24.8 Å². The van der Waals surface area contributed by atoms with Crippen LogP contribution in [0.2, 0.25) is 0 Å². The molecule has 1 saturated carbocycles. The Morgan fingerprint density at radius 3 is 2.18 bits per heavy atom. The summed E-state index contributed by atoms with van der Waals surface area (Å²) >= 11 is 0. The molecule has 1 aliphatic carbocycles. The Morgan fingerprint density at radius 1 is 0.978 bits per heavy atom. The van der Waals surface area contributed by atoms with E-state index in [1.807, 2.05) is 24.4 Å². The number of halogens is 3. The maximum Gasteiger partial charge on any atom is 0.321 e. The molecule has 6 nitrogen and oxygen atoms in total. The van der Waals surface area contributed by atoms with Crippen LogP contribution in [0.15, 0.2) is 42.6 Å². The molecule has 0 radical (unpaired) electrons. The molecular formula is C36H44F3N3O3. The maximum atomic E-state index is 13.4. The number of fused-ring (bicyclic) bond motifs is 1. The van der Waals surface area contributed by atoms with Crippen LogP contribution >= 0.6 is 0 Å². The summed E-state index contributed by atoms with van der Waals surface area (Å²) in [6.45, 7) is 7.31. The quantitative estimate of drug-likeness (QED) is 0.199. The summed E-state index contributed by atoms with van der Waals surface area (Å²) in [6, 6.07) is 7.12. The van der Waals surface area contributed by atoms with Gasteiger partial charge in [-0.25, -0.2) is 13.2 Å². The fraction of sp³-hybridized carbons (Fsp3) is 0.500. The highest BCUT2D eigenvalue weighted by molar-refractivity contribution is 5.98. The van der Waals surface area contributed by atoms with Crippen LogP contribution < -0.4 is 0 Å². The minimum atomic E-state index is -1.47. The van der Waals surface area contributed by atoms with Gasteiger partial charge in [-0.3, -0.25) is 19.4 Å². The second kappa shape index (κ2) is 14.8. The Labute approximate surface area is 263 Å². The lowest BCUT2D eigenvalue weighted by atomic mass is 9.84. The molecule has 9 heteroatoms. The highest BCUT2D eigenvalue weighted by Crippen LogP contribution is 2.36. The predicted molar refractivity (Wildman–Crippen MR) is 171 cm³/mol. The fourth-order valence-corrected chi connectivity index (χ4v) is 6.92. The first-order chi connectivity index (χ1) is 21.6. The zero-order valence-corrected chi connectivity index (χ0v) is 26.2. The highest BCUT2D eigenvalue weighted by atomic mass is 19.2. The van der Waals surface area contributed by atoms with Gasteiger partial charge < -0.3 is 10.1 Å². The molecular weight excluding hydrogens is 579 g/mol. The number of aromatic nitrogens is 1. The van der Waals surface area contributed by atoms with Crippen molar-refractivity contribution in [3.63, 3.8) is 0 Å². The molecule has 1 aromatic heterocycles. The van der Waals surface area contributed by atoms with Crippen LogP contribution in [0.4, 0.5) is 13.2 Å². The van der Waals surface area contributed by atoms with Crippen LogP contribution in [0.3, 0.4) is 0 Å². The summed E-state index contributed by atoms with van der Waals surface area (Å²) in [5.41, 5.74) is 3.14. The van der Waals surface area contributed by atoms with Gasteiger partial charge in [0.05, 0.1) is 0 Å². The third-order valence-corrected chi connectivity index (χ3v) is 9.89. The molecule has 45 heavy (non-hydrogen) atoms. The number of H-pyrrole nitrogens is 1. The number of rotatable bonds is 8. The van der Waals surface area contributed by atoms with Gasteiger partial charge in [0.1, 0.15) is 6.04 Å². The number of aliphatic carboxylic acids is 1. The number of Topliss-reactive ketones (excluding diaryl/α,β-unsaturated/α-hetero) is 1. The van der Waals surface area contributed by atoms with Crippen molar-refractivity contribution in [2.24, 2.45) is 11.8 Å². The lowest BCUT2D eigenvalue weighted by Crippen LogP contribution is -2.52. The number of nitrogens with zero attached hydrogens (tertiary/aromatic N) is 2. The van der Waals surface area contributed by atoms with E-state index in [9.17, 15) is 27.9 Å². The number of benzene rings is 2. The Hall–Kier alpha value is -3.43. The summed E-state index contributed by atoms with van der Waals surface area (Å²) in [7, 11) is 0. The molecule has 3 fully saturated rings. The minimum absolute atomic E-state index is 0.0360. The number of carbonyl (C=O) groups is 2. The van der Waals surface area contributed by atoms with Gasteiger partial charge >= 0.3 is 5.97 Å². The van der Waals surface area contributed by atoms with Crippen molar-refractivity contribution in [3.8, 4) is 0 Å². The average molecular weight is 624 g/mol. The van der Waals surface area contributed by atoms with Gasteiger partial charge in [-0.15, -0.1) is 0 Å². The maximum absolute atomic E-state index is 13.4. The number of likely N-dealkylation sites (tertiary alicyclic amines) is 2. The molecule has 2 aliphatic heterocycles. The minimum Gasteiger partial charge on any atom is -0.480 e. The van der Waals surface area contributed by atoms with Gasteiger partial charge in [0.2, 0.25) is 0 Å². The Bertz CT molecular complexity index is 1490. The molecule has 3 aromatic rings. The normalized spacial score (nSPS) is 19.8. The molecule has 1 unspecified atom stereocenters. The number of nitrogens with one attached hydrogen (secondary N) is 1. The van der Waals surface area contributed by atoms with Crippen LogP contribution in [0.5, 0.6) is 0 Å². The zero-order chi connectivity index (χ0) is 32.1. The number of hydrogen-bond acceptors (Lipinski definition) is 4. The Balaban J connectivity index is 0.000000729. The van der Waals surface area contributed by atoms with Crippen LogP contribution in [0, 0.1) is 29.3 Å². The molecule has 3 heterocycles. The molecule has 3 aliphatic rings. The van der Waals surface area contributed by atoms with Gasteiger partial charge in [-0.05, 0) is 118 Å². The number of aromatic amines is 1. The van der Waals surface area contributed by atoms with E-state index < -0.39 is 29.5 Å². The third kappa shape index (κ3) is 8.05. The molecule has 242 valence electrons. The summed E-state index contributed by atoms with van der Waals surface area (Å²) in [4.78, 5) is 31.9. The van der Waals surface area contributed by atoms with Crippen molar-refractivity contribution < 1.29 is 27.9 Å². The Morgan fingerprint density at radius 2 is 1.62 bits per heavy atom. The number of carbonyl (C=O) groups excluding carboxylic acids is 1. The van der Waals surface area contributed by atoms with Crippen molar-refractivity contribution in [2.75, 3.05) is 32.7 Å². The van der Waals surface area contributed by atoms with Crippen molar-refractivity contribution in [1.29, 1.82) is 0 Å².